The molecule has 0 aromatic rings. The number of rotatable bonds is 4. The summed E-state index contributed by atoms with van der Waals surface area (Å²) in [4.78, 5) is 12.9. The van der Waals surface area contributed by atoms with E-state index >= 15 is 0 Å². The molecule has 1 saturated heterocycles. The summed E-state index contributed by atoms with van der Waals surface area (Å²) in [6, 6.07) is 0.222. The molecular weight excluding hydrogens is 180 g/mol. The molecule has 1 fully saturated rings. The van der Waals surface area contributed by atoms with E-state index in [0.29, 0.717) is 12.5 Å². The van der Waals surface area contributed by atoms with Crippen LogP contribution < -0.4 is 5.73 Å². The van der Waals surface area contributed by atoms with Crippen LogP contribution in [0.2, 0.25) is 0 Å². The van der Waals surface area contributed by atoms with Crippen LogP contribution in [0.1, 0.15) is 20.3 Å². The Morgan fingerprint density at radius 3 is 2.71 bits per heavy atom. The zero-order valence-corrected chi connectivity index (χ0v) is 8.94. The van der Waals surface area contributed by atoms with Crippen molar-refractivity contribution in [3.8, 4) is 0 Å². The van der Waals surface area contributed by atoms with Crippen molar-refractivity contribution in [3.63, 3.8) is 0 Å². The van der Waals surface area contributed by atoms with Gasteiger partial charge in [-0.25, -0.2) is 0 Å². The minimum absolute atomic E-state index is 0.222. The first-order valence-corrected chi connectivity index (χ1v) is 5.21. The smallest absolute Gasteiger partial charge is 0.307 e. The largest absolute Gasteiger partial charge is 0.481 e. The minimum atomic E-state index is -0.714. The van der Waals surface area contributed by atoms with Crippen LogP contribution in [0.3, 0.4) is 0 Å². The van der Waals surface area contributed by atoms with E-state index in [0.717, 1.165) is 19.5 Å². The SMILES string of the molecule is CC(CN1CCC(C(C)N)C1)C(=O)O. The number of carboxylic acids is 1. The van der Waals surface area contributed by atoms with Gasteiger partial charge < -0.3 is 15.7 Å². The predicted octanol–water partition coefficient (Wildman–Crippen LogP) is 0.376. The molecule has 0 aromatic carbocycles. The maximum absolute atomic E-state index is 10.7. The Morgan fingerprint density at radius 1 is 1.64 bits per heavy atom. The van der Waals surface area contributed by atoms with Gasteiger partial charge in [0.05, 0.1) is 5.92 Å². The van der Waals surface area contributed by atoms with E-state index < -0.39 is 5.97 Å². The second-order valence-corrected chi connectivity index (χ2v) is 4.41. The van der Waals surface area contributed by atoms with Crippen molar-refractivity contribution in [2.45, 2.75) is 26.3 Å². The number of hydrogen-bond donors (Lipinski definition) is 2. The molecule has 0 bridgehead atoms. The lowest BCUT2D eigenvalue weighted by atomic mass is 10.0. The topological polar surface area (TPSA) is 66.6 Å². The summed E-state index contributed by atoms with van der Waals surface area (Å²) in [6.45, 7) is 6.37. The molecule has 0 amide bonds. The lowest BCUT2D eigenvalue weighted by molar-refractivity contribution is -0.141. The fourth-order valence-electron chi connectivity index (χ4n) is 1.92. The van der Waals surface area contributed by atoms with Crippen molar-refractivity contribution < 1.29 is 9.90 Å². The van der Waals surface area contributed by atoms with Crippen LogP contribution in [-0.4, -0.2) is 41.7 Å². The fourth-order valence-corrected chi connectivity index (χ4v) is 1.92. The van der Waals surface area contributed by atoms with Crippen molar-refractivity contribution in [1.82, 2.24) is 4.90 Å². The average molecular weight is 200 g/mol. The summed E-state index contributed by atoms with van der Waals surface area (Å²) in [5, 5.41) is 8.77. The molecule has 0 spiro atoms. The van der Waals surface area contributed by atoms with Crippen molar-refractivity contribution in [2.24, 2.45) is 17.6 Å². The van der Waals surface area contributed by atoms with Gasteiger partial charge in [-0.05, 0) is 25.8 Å². The van der Waals surface area contributed by atoms with E-state index in [1.165, 1.54) is 0 Å². The normalized spacial score (nSPS) is 27.5. The lowest BCUT2D eigenvalue weighted by Crippen LogP contribution is -2.33. The highest BCUT2D eigenvalue weighted by Crippen LogP contribution is 2.19. The summed E-state index contributed by atoms with van der Waals surface area (Å²) in [6.07, 6.45) is 1.10. The van der Waals surface area contributed by atoms with Gasteiger partial charge in [0.15, 0.2) is 0 Å². The van der Waals surface area contributed by atoms with E-state index in [9.17, 15) is 4.79 Å². The van der Waals surface area contributed by atoms with Gasteiger partial charge in [-0.1, -0.05) is 6.92 Å². The zero-order chi connectivity index (χ0) is 10.7. The van der Waals surface area contributed by atoms with Crippen molar-refractivity contribution in [2.75, 3.05) is 19.6 Å². The van der Waals surface area contributed by atoms with Crippen LogP contribution in [0.4, 0.5) is 0 Å². The predicted molar refractivity (Wildman–Crippen MR) is 55.0 cm³/mol. The third-order valence-electron chi connectivity index (χ3n) is 3.01. The number of aliphatic carboxylic acids is 1. The standard InChI is InChI=1S/C10H20N2O2/c1-7(10(13)14)5-12-4-3-9(6-12)8(2)11/h7-9H,3-6,11H2,1-2H3,(H,13,14). The summed E-state index contributed by atoms with van der Waals surface area (Å²) in [5.41, 5.74) is 5.81. The Labute approximate surface area is 85.1 Å². The fraction of sp³-hybridized carbons (Fsp3) is 0.900. The Balaban J connectivity index is 2.32. The van der Waals surface area contributed by atoms with Crippen LogP contribution in [0, 0.1) is 11.8 Å². The molecule has 4 heteroatoms. The van der Waals surface area contributed by atoms with Crippen LogP contribution in [0.15, 0.2) is 0 Å². The highest BCUT2D eigenvalue weighted by atomic mass is 16.4. The quantitative estimate of drug-likeness (QED) is 0.688. The van der Waals surface area contributed by atoms with E-state index in [4.69, 9.17) is 10.8 Å². The number of nitrogens with two attached hydrogens (primary N) is 1. The number of carbonyl (C=O) groups is 1. The van der Waals surface area contributed by atoms with Crippen molar-refractivity contribution in [1.29, 1.82) is 0 Å². The maximum Gasteiger partial charge on any atom is 0.307 e. The minimum Gasteiger partial charge on any atom is -0.481 e. The first-order chi connectivity index (χ1) is 6.50. The molecule has 1 rings (SSSR count). The molecule has 3 atom stereocenters. The van der Waals surface area contributed by atoms with Gasteiger partial charge in [-0.15, -0.1) is 0 Å². The van der Waals surface area contributed by atoms with E-state index in [2.05, 4.69) is 4.90 Å². The Morgan fingerprint density at radius 2 is 2.29 bits per heavy atom. The molecule has 1 heterocycles. The van der Waals surface area contributed by atoms with Gasteiger partial charge in [-0.2, -0.15) is 0 Å². The van der Waals surface area contributed by atoms with E-state index in [-0.39, 0.29) is 12.0 Å². The van der Waals surface area contributed by atoms with Crippen LogP contribution in [0.25, 0.3) is 0 Å². The molecule has 14 heavy (non-hydrogen) atoms. The van der Waals surface area contributed by atoms with Gasteiger partial charge in [-0.3, -0.25) is 4.79 Å². The first kappa shape index (κ1) is 11.5. The molecule has 3 unspecified atom stereocenters. The van der Waals surface area contributed by atoms with Gasteiger partial charge in [0.1, 0.15) is 0 Å². The molecule has 3 N–H and O–H groups in total. The van der Waals surface area contributed by atoms with Gasteiger partial charge in [0, 0.05) is 19.1 Å². The lowest BCUT2D eigenvalue weighted by Gasteiger charge is -2.19. The summed E-state index contributed by atoms with van der Waals surface area (Å²) >= 11 is 0. The molecular formula is C10H20N2O2. The van der Waals surface area contributed by atoms with Crippen molar-refractivity contribution in [3.05, 3.63) is 0 Å². The number of likely N-dealkylation sites (tertiary alicyclic amines) is 1. The first-order valence-electron chi connectivity index (χ1n) is 5.21. The molecule has 0 aromatic heterocycles. The van der Waals surface area contributed by atoms with Crippen LogP contribution in [-0.2, 0) is 4.79 Å². The van der Waals surface area contributed by atoms with Gasteiger partial charge >= 0.3 is 5.97 Å². The molecule has 1 aliphatic rings. The summed E-state index contributed by atoms with van der Waals surface area (Å²) in [7, 11) is 0. The van der Waals surface area contributed by atoms with E-state index in [1.54, 1.807) is 6.92 Å². The third-order valence-corrected chi connectivity index (χ3v) is 3.01. The second-order valence-electron chi connectivity index (χ2n) is 4.41. The monoisotopic (exact) mass is 200 g/mol. The second kappa shape index (κ2) is 4.75. The number of carboxylic acid groups (broad SMARTS) is 1. The van der Waals surface area contributed by atoms with Gasteiger partial charge in [0.2, 0.25) is 0 Å². The Kier molecular flexibility index (Phi) is 3.89. The van der Waals surface area contributed by atoms with Crippen molar-refractivity contribution >= 4 is 5.97 Å². The molecule has 0 radical (unpaired) electrons. The average Bonchev–Trinajstić information content (AvgIpc) is 2.52. The third kappa shape index (κ3) is 2.96. The van der Waals surface area contributed by atoms with E-state index in [1.807, 2.05) is 6.92 Å². The zero-order valence-electron chi connectivity index (χ0n) is 8.94. The molecule has 82 valence electrons. The maximum atomic E-state index is 10.7. The van der Waals surface area contributed by atoms with Crippen LogP contribution in [0.5, 0.6) is 0 Å². The molecule has 1 aliphatic heterocycles. The molecule has 4 nitrogen and oxygen atoms in total. The number of nitrogens with zero attached hydrogens (tertiary/aromatic N) is 1. The Hall–Kier alpha value is -0.610. The molecule has 0 aliphatic carbocycles. The highest BCUT2D eigenvalue weighted by Gasteiger charge is 2.27. The Bertz CT molecular complexity index is 206. The number of hydrogen-bond acceptors (Lipinski definition) is 3. The van der Waals surface area contributed by atoms with Crippen LogP contribution >= 0.6 is 0 Å². The highest BCUT2D eigenvalue weighted by molar-refractivity contribution is 5.69. The molecule has 0 saturated carbocycles. The van der Waals surface area contributed by atoms with Gasteiger partial charge in [0.25, 0.3) is 0 Å². The summed E-state index contributed by atoms with van der Waals surface area (Å²) < 4.78 is 0. The summed E-state index contributed by atoms with van der Waals surface area (Å²) in [5.74, 6) is -0.452.